The molecule has 0 bridgehead atoms. The van der Waals surface area contributed by atoms with E-state index in [4.69, 9.17) is 5.11 Å². The van der Waals surface area contributed by atoms with E-state index in [1.165, 1.54) is 5.56 Å². The molecule has 1 aromatic rings. The molecule has 0 radical (unpaired) electrons. The summed E-state index contributed by atoms with van der Waals surface area (Å²) < 4.78 is 0. The SMILES string of the molecule is O=C(O)[C@H]1CCCN(C(=O)NCCCc2ccccc2)C1. The topological polar surface area (TPSA) is 69.6 Å². The molecule has 2 N–H and O–H groups in total. The number of likely N-dealkylation sites (tertiary alicyclic amines) is 1. The first-order valence-corrected chi connectivity index (χ1v) is 7.46. The molecule has 5 nitrogen and oxygen atoms in total. The third-order valence-electron chi connectivity index (χ3n) is 3.82. The van der Waals surface area contributed by atoms with E-state index in [1.807, 2.05) is 18.2 Å². The average Bonchev–Trinajstić information content (AvgIpc) is 2.52. The summed E-state index contributed by atoms with van der Waals surface area (Å²) in [4.78, 5) is 24.6. The van der Waals surface area contributed by atoms with Crippen LogP contribution in [0, 0.1) is 5.92 Å². The van der Waals surface area contributed by atoms with Crippen molar-refractivity contribution >= 4 is 12.0 Å². The van der Waals surface area contributed by atoms with Gasteiger partial charge in [0.15, 0.2) is 0 Å². The molecule has 1 aromatic carbocycles. The summed E-state index contributed by atoms with van der Waals surface area (Å²) in [5, 5.41) is 11.9. The number of aliphatic carboxylic acids is 1. The van der Waals surface area contributed by atoms with Crippen LogP contribution in [0.25, 0.3) is 0 Å². The Kier molecular flexibility index (Phi) is 5.60. The molecule has 1 fully saturated rings. The minimum Gasteiger partial charge on any atom is -0.481 e. The fourth-order valence-corrected chi connectivity index (χ4v) is 2.61. The molecule has 1 saturated heterocycles. The highest BCUT2D eigenvalue weighted by atomic mass is 16.4. The maximum Gasteiger partial charge on any atom is 0.317 e. The molecule has 5 heteroatoms. The molecule has 0 spiro atoms. The van der Waals surface area contributed by atoms with Crippen LogP contribution >= 0.6 is 0 Å². The molecule has 2 amide bonds. The number of nitrogens with zero attached hydrogens (tertiary/aromatic N) is 1. The van der Waals surface area contributed by atoms with Gasteiger partial charge in [0, 0.05) is 19.6 Å². The number of carboxylic acids is 1. The van der Waals surface area contributed by atoms with Crippen LogP contribution in [0.15, 0.2) is 30.3 Å². The van der Waals surface area contributed by atoms with Crippen molar-refractivity contribution in [1.82, 2.24) is 10.2 Å². The van der Waals surface area contributed by atoms with Crippen LogP contribution in [0.4, 0.5) is 4.79 Å². The Morgan fingerprint density at radius 1 is 1.29 bits per heavy atom. The van der Waals surface area contributed by atoms with E-state index in [0.29, 0.717) is 26.1 Å². The van der Waals surface area contributed by atoms with Gasteiger partial charge < -0.3 is 15.3 Å². The summed E-state index contributed by atoms with van der Waals surface area (Å²) in [6, 6.07) is 10.0. The second kappa shape index (κ2) is 7.67. The monoisotopic (exact) mass is 290 g/mol. The lowest BCUT2D eigenvalue weighted by Gasteiger charge is -2.30. The molecule has 114 valence electrons. The van der Waals surface area contributed by atoms with Gasteiger partial charge in [-0.1, -0.05) is 30.3 Å². The van der Waals surface area contributed by atoms with Crippen LogP contribution in [-0.2, 0) is 11.2 Å². The molecular weight excluding hydrogens is 268 g/mol. The minimum atomic E-state index is -0.809. The van der Waals surface area contributed by atoms with Gasteiger partial charge in [-0.25, -0.2) is 4.79 Å². The first-order valence-electron chi connectivity index (χ1n) is 7.46. The lowest BCUT2D eigenvalue weighted by atomic mass is 9.99. The zero-order chi connectivity index (χ0) is 15.1. The zero-order valence-electron chi connectivity index (χ0n) is 12.1. The Morgan fingerprint density at radius 2 is 2.05 bits per heavy atom. The van der Waals surface area contributed by atoms with E-state index in [0.717, 1.165) is 19.3 Å². The predicted molar refractivity (Wildman–Crippen MR) is 80.1 cm³/mol. The van der Waals surface area contributed by atoms with Crippen molar-refractivity contribution in [1.29, 1.82) is 0 Å². The van der Waals surface area contributed by atoms with Crippen LogP contribution in [-0.4, -0.2) is 41.6 Å². The fourth-order valence-electron chi connectivity index (χ4n) is 2.61. The number of benzene rings is 1. The van der Waals surface area contributed by atoms with Crippen LogP contribution in [0.3, 0.4) is 0 Å². The van der Waals surface area contributed by atoms with E-state index in [9.17, 15) is 9.59 Å². The molecule has 1 aliphatic rings. The minimum absolute atomic E-state index is 0.144. The average molecular weight is 290 g/mol. The van der Waals surface area contributed by atoms with Gasteiger partial charge in [-0.05, 0) is 31.2 Å². The third kappa shape index (κ3) is 4.77. The largest absolute Gasteiger partial charge is 0.481 e. The summed E-state index contributed by atoms with van der Waals surface area (Å²) in [6.45, 7) is 1.58. The lowest BCUT2D eigenvalue weighted by molar-refractivity contribution is -0.143. The summed E-state index contributed by atoms with van der Waals surface area (Å²) in [5.41, 5.74) is 1.26. The standard InChI is InChI=1S/C16H22N2O3/c19-15(20)14-9-5-11-18(12-14)16(21)17-10-4-8-13-6-2-1-3-7-13/h1-3,6-7,14H,4-5,8-12H2,(H,17,21)(H,19,20)/t14-/m0/s1. The molecule has 0 aliphatic carbocycles. The third-order valence-corrected chi connectivity index (χ3v) is 3.82. The van der Waals surface area contributed by atoms with Gasteiger partial charge >= 0.3 is 12.0 Å². The van der Waals surface area contributed by atoms with E-state index >= 15 is 0 Å². The van der Waals surface area contributed by atoms with Gasteiger partial charge in [0.05, 0.1) is 5.92 Å². The zero-order valence-corrected chi connectivity index (χ0v) is 12.1. The number of urea groups is 1. The molecule has 1 aliphatic heterocycles. The second-order valence-electron chi connectivity index (χ2n) is 5.44. The Morgan fingerprint density at radius 3 is 2.76 bits per heavy atom. The number of carbonyl (C=O) groups excluding carboxylic acids is 1. The van der Waals surface area contributed by atoms with Crippen molar-refractivity contribution in [3.8, 4) is 0 Å². The van der Waals surface area contributed by atoms with Gasteiger partial charge in [0.25, 0.3) is 0 Å². The fraction of sp³-hybridized carbons (Fsp3) is 0.500. The molecule has 0 aromatic heterocycles. The van der Waals surface area contributed by atoms with Gasteiger partial charge in [0.2, 0.25) is 0 Å². The van der Waals surface area contributed by atoms with Crippen LogP contribution in [0.1, 0.15) is 24.8 Å². The number of hydrogen-bond donors (Lipinski definition) is 2. The summed E-state index contributed by atoms with van der Waals surface area (Å²) in [5.74, 6) is -1.23. The van der Waals surface area contributed by atoms with Crippen LogP contribution in [0.5, 0.6) is 0 Å². The Balaban J connectivity index is 1.68. The maximum atomic E-state index is 12.0. The van der Waals surface area contributed by atoms with E-state index in [-0.39, 0.29) is 6.03 Å². The number of amides is 2. The van der Waals surface area contributed by atoms with Crippen molar-refractivity contribution in [2.75, 3.05) is 19.6 Å². The molecular formula is C16H22N2O3. The number of hydrogen-bond acceptors (Lipinski definition) is 2. The Labute approximate surface area is 125 Å². The first kappa shape index (κ1) is 15.4. The van der Waals surface area contributed by atoms with Gasteiger partial charge in [0.1, 0.15) is 0 Å². The number of carboxylic acid groups (broad SMARTS) is 1. The lowest BCUT2D eigenvalue weighted by Crippen LogP contribution is -2.47. The van der Waals surface area contributed by atoms with Crippen molar-refractivity contribution < 1.29 is 14.7 Å². The second-order valence-corrected chi connectivity index (χ2v) is 5.44. The molecule has 2 rings (SSSR count). The van der Waals surface area contributed by atoms with Crippen molar-refractivity contribution in [2.45, 2.75) is 25.7 Å². The van der Waals surface area contributed by atoms with Crippen molar-refractivity contribution in [3.63, 3.8) is 0 Å². The highest BCUT2D eigenvalue weighted by Gasteiger charge is 2.27. The summed E-state index contributed by atoms with van der Waals surface area (Å²) >= 11 is 0. The van der Waals surface area contributed by atoms with E-state index in [1.54, 1.807) is 4.90 Å². The van der Waals surface area contributed by atoms with Crippen LogP contribution in [0.2, 0.25) is 0 Å². The summed E-state index contributed by atoms with van der Waals surface area (Å²) in [6.07, 6.45) is 3.23. The number of carbonyl (C=O) groups is 2. The van der Waals surface area contributed by atoms with Gasteiger partial charge in [-0.15, -0.1) is 0 Å². The predicted octanol–water partition coefficient (Wildman–Crippen LogP) is 2.13. The molecule has 1 atom stereocenters. The van der Waals surface area contributed by atoms with E-state index < -0.39 is 11.9 Å². The number of nitrogens with one attached hydrogen (secondary N) is 1. The van der Waals surface area contributed by atoms with Crippen molar-refractivity contribution in [2.24, 2.45) is 5.92 Å². The highest BCUT2D eigenvalue weighted by Crippen LogP contribution is 2.16. The highest BCUT2D eigenvalue weighted by molar-refractivity contribution is 5.76. The van der Waals surface area contributed by atoms with Gasteiger partial charge in [-0.2, -0.15) is 0 Å². The summed E-state index contributed by atoms with van der Waals surface area (Å²) in [7, 11) is 0. The Hall–Kier alpha value is -2.04. The number of rotatable bonds is 5. The smallest absolute Gasteiger partial charge is 0.317 e. The maximum absolute atomic E-state index is 12.0. The normalized spacial score (nSPS) is 18.3. The quantitative estimate of drug-likeness (QED) is 0.816. The first-order chi connectivity index (χ1) is 10.2. The van der Waals surface area contributed by atoms with Crippen LogP contribution < -0.4 is 5.32 Å². The van der Waals surface area contributed by atoms with Gasteiger partial charge in [-0.3, -0.25) is 4.79 Å². The molecule has 1 heterocycles. The molecule has 0 unspecified atom stereocenters. The number of aryl methyl sites for hydroxylation is 1. The number of piperidine rings is 1. The molecule has 21 heavy (non-hydrogen) atoms. The van der Waals surface area contributed by atoms with Crippen molar-refractivity contribution in [3.05, 3.63) is 35.9 Å². The van der Waals surface area contributed by atoms with E-state index in [2.05, 4.69) is 17.4 Å². The Bertz CT molecular complexity index is 476. The molecule has 0 saturated carbocycles.